The number of carbonyl (C=O) groups excluding carboxylic acids is 1. The minimum atomic E-state index is -0.108. The first-order valence-electron chi connectivity index (χ1n) is 16.0. The summed E-state index contributed by atoms with van der Waals surface area (Å²) in [5.74, 6) is 1.97. The molecule has 9 heteroatoms. The molecule has 0 spiro atoms. The molecule has 6 rings (SSSR count). The van der Waals surface area contributed by atoms with Crippen molar-refractivity contribution in [3.63, 3.8) is 0 Å². The van der Waals surface area contributed by atoms with E-state index in [1.165, 1.54) is 43.4 Å². The maximum atomic E-state index is 13.3. The number of anilines is 1. The Kier molecular flexibility index (Phi) is 8.54. The summed E-state index contributed by atoms with van der Waals surface area (Å²) in [5, 5.41) is 8.65. The molecule has 4 fully saturated rings. The molecule has 3 saturated heterocycles. The number of nitrogens with one attached hydrogen (secondary N) is 1. The van der Waals surface area contributed by atoms with Gasteiger partial charge >= 0.3 is 6.09 Å². The number of fused-ring (bicyclic) bond motifs is 3. The highest BCUT2D eigenvalue weighted by atomic mass is 16.6. The normalized spacial score (nSPS) is 26.0. The van der Waals surface area contributed by atoms with E-state index in [0.29, 0.717) is 17.9 Å². The van der Waals surface area contributed by atoms with Gasteiger partial charge < -0.3 is 19.9 Å². The number of amides is 1. The van der Waals surface area contributed by atoms with Crippen LogP contribution in [0.25, 0.3) is 5.65 Å². The topological polar surface area (TPSA) is 78.2 Å². The summed E-state index contributed by atoms with van der Waals surface area (Å²) in [6, 6.07) is 3.05. The Morgan fingerprint density at radius 2 is 1.83 bits per heavy atom. The van der Waals surface area contributed by atoms with Crippen LogP contribution < -0.4 is 5.32 Å². The lowest BCUT2D eigenvalue weighted by molar-refractivity contribution is -0.0306. The summed E-state index contributed by atoms with van der Waals surface area (Å²) in [7, 11) is 4.14. The van der Waals surface area contributed by atoms with Gasteiger partial charge in [0.15, 0.2) is 5.65 Å². The maximum Gasteiger partial charge on any atom is 0.410 e. The van der Waals surface area contributed by atoms with Crippen molar-refractivity contribution in [2.24, 2.45) is 0 Å². The van der Waals surface area contributed by atoms with E-state index in [2.05, 4.69) is 66.2 Å². The smallest absolute Gasteiger partial charge is 0.410 e. The summed E-state index contributed by atoms with van der Waals surface area (Å²) >= 11 is 0. The zero-order valence-electron chi connectivity index (χ0n) is 25.5. The van der Waals surface area contributed by atoms with E-state index in [4.69, 9.17) is 14.8 Å². The Morgan fingerprint density at radius 3 is 2.51 bits per heavy atom. The fourth-order valence-corrected chi connectivity index (χ4v) is 7.38. The average Bonchev–Trinajstić information content (AvgIpc) is 3.48. The SMILES string of the molecule is CC(C)c1cnn2c(NC3CC4CCC(C3)N4C(=O)OC3CN(C/C=C/CN(C)C)C3)cc(C3CCCCC3)nc12. The largest absolute Gasteiger partial charge is 0.443 e. The number of piperidine rings is 1. The predicted octanol–water partition coefficient (Wildman–Crippen LogP) is 5.25. The molecule has 1 N–H and O–H groups in total. The third-order valence-electron chi connectivity index (χ3n) is 9.65. The van der Waals surface area contributed by atoms with E-state index in [1.807, 2.05) is 10.7 Å². The first-order chi connectivity index (χ1) is 19.9. The molecule has 2 atom stereocenters. The highest BCUT2D eigenvalue weighted by Gasteiger charge is 2.45. The van der Waals surface area contributed by atoms with Gasteiger partial charge in [0.1, 0.15) is 11.9 Å². The third kappa shape index (κ3) is 6.26. The lowest BCUT2D eigenvalue weighted by Crippen LogP contribution is -2.56. The van der Waals surface area contributed by atoms with E-state index in [-0.39, 0.29) is 24.3 Å². The molecule has 1 saturated carbocycles. The molecular formula is C32H49N7O2. The van der Waals surface area contributed by atoms with Gasteiger partial charge in [-0.15, -0.1) is 0 Å². The molecule has 9 nitrogen and oxygen atoms in total. The van der Waals surface area contributed by atoms with Crippen LogP contribution in [0.1, 0.15) is 94.7 Å². The van der Waals surface area contributed by atoms with Crippen LogP contribution in [0, 0.1) is 0 Å². The van der Waals surface area contributed by atoms with E-state index in [0.717, 1.165) is 63.3 Å². The second-order valence-corrected chi connectivity index (χ2v) is 13.5. The maximum absolute atomic E-state index is 13.3. The molecule has 41 heavy (non-hydrogen) atoms. The third-order valence-corrected chi connectivity index (χ3v) is 9.65. The van der Waals surface area contributed by atoms with Crippen molar-refractivity contribution in [1.82, 2.24) is 29.3 Å². The average molecular weight is 564 g/mol. The van der Waals surface area contributed by atoms with E-state index < -0.39 is 0 Å². The molecule has 1 aliphatic carbocycles. The Balaban J connectivity index is 1.08. The number of nitrogens with zero attached hydrogens (tertiary/aromatic N) is 6. The summed E-state index contributed by atoms with van der Waals surface area (Å²) in [6.45, 7) is 7.97. The molecule has 0 aromatic carbocycles. The number of likely N-dealkylation sites (tertiary alicyclic amines) is 1. The summed E-state index contributed by atoms with van der Waals surface area (Å²) in [5.41, 5.74) is 3.42. The zero-order valence-corrected chi connectivity index (χ0v) is 25.5. The molecule has 2 aromatic heterocycles. The summed E-state index contributed by atoms with van der Waals surface area (Å²) < 4.78 is 7.99. The number of ether oxygens (including phenoxy) is 1. The van der Waals surface area contributed by atoms with Gasteiger partial charge in [0.25, 0.3) is 0 Å². The number of rotatable bonds is 9. The minimum Gasteiger partial charge on any atom is -0.443 e. The van der Waals surface area contributed by atoms with E-state index in [9.17, 15) is 4.79 Å². The van der Waals surface area contributed by atoms with Gasteiger partial charge in [-0.3, -0.25) is 4.90 Å². The number of carbonyl (C=O) groups is 1. The van der Waals surface area contributed by atoms with Crippen LogP contribution in [-0.2, 0) is 4.74 Å². The lowest BCUT2D eigenvalue weighted by Gasteiger charge is -2.42. The van der Waals surface area contributed by atoms with Crippen molar-refractivity contribution < 1.29 is 9.53 Å². The van der Waals surface area contributed by atoms with Gasteiger partial charge in [-0.05, 0) is 58.5 Å². The number of likely N-dealkylation sites (N-methyl/N-ethyl adjacent to an activating group) is 1. The highest BCUT2D eigenvalue weighted by Crippen LogP contribution is 2.39. The van der Waals surface area contributed by atoms with Crippen molar-refractivity contribution >= 4 is 17.6 Å². The predicted molar refractivity (Wildman–Crippen MR) is 163 cm³/mol. The van der Waals surface area contributed by atoms with Crippen LogP contribution >= 0.6 is 0 Å². The Morgan fingerprint density at radius 1 is 1.10 bits per heavy atom. The van der Waals surface area contributed by atoms with E-state index >= 15 is 0 Å². The first-order valence-corrected chi connectivity index (χ1v) is 16.0. The Bertz CT molecular complexity index is 1210. The molecular weight excluding hydrogens is 514 g/mol. The van der Waals surface area contributed by atoms with Gasteiger partial charge in [-0.1, -0.05) is 45.3 Å². The van der Waals surface area contributed by atoms with Crippen molar-refractivity contribution in [1.29, 1.82) is 0 Å². The van der Waals surface area contributed by atoms with Crippen molar-refractivity contribution in [3.8, 4) is 0 Å². The fraction of sp³-hybridized carbons (Fsp3) is 0.719. The Hall–Kier alpha value is -2.65. The van der Waals surface area contributed by atoms with Crippen LogP contribution in [0.3, 0.4) is 0 Å². The van der Waals surface area contributed by atoms with Gasteiger partial charge in [0.05, 0.1) is 6.20 Å². The first kappa shape index (κ1) is 28.5. The van der Waals surface area contributed by atoms with Crippen LogP contribution in [0.2, 0.25) is 0 Å². The minimum absolute atomic E-state index is 0.0123. The highest BCUT2D eigenvalue weighted by molar-refractivity contribution is 5.69. The molecule has 3 aliphatic heterocycles. The van der Waals surface area contributed by atoms with Gasteiger partial charge in [-0.2, -0.15) is 9.61 Å². The molecule has 224 valence electrons. The van der Waals surface area contributed by atoms with E-state index in [1.54, 1.807) is 0 Å². The van der Waals surface area contributed by atoms with Gasteiger partial charge in [0.2, 0.25) is 0 Å². The van der Waals surface area contributed by atoms with Crippen molar-refractivity contribution in [2.45, 2.75) is 108 Å². The van der Waals surface area contributed by atoms with Crippen LogP contribution in [-0.4, -0.2) is 99.9 Å². The number of aromatic nitrogens is 3. The monoisotopic (exact) mass is 563 g/mol. The molecule has 0 radical (unpaired) electrons. The molecule has 5 heterocycles. The summed E-state index contributed by atoms with van der Waals surface area (Å²) in [4.78, 5) is 25.0. The second-order valence-electron chi connectivity index (χ2n) is 13.5. The van der Waals surface area contributed by atoms with Crippen LogP contribution in [0.15, 0.2) is 24.4 Å². The Labute approximate surface area is 245 Å². The standard InChI is InChI=1S/C32H49N7O2/c1-22(2)28-19-33-39-30(18-29(35-31(28)39)23-10-6-5-7-11-23)34-24-16-25-12-13-26(17-24)38(25)32(40)41-27-20-37(21-27)15-9-8-14-36(3)4/h8-9,18-19,22-27,34H,5-7,10-17,20-21H2,1-4H3/b9-8+. The lowest BCUT2D eigenvalue weighted by atomic mass is 9.86. The zero-order chi connectivity index (χ0) is 28.5. The molecule has 2 bridgehead atoms. The molecule has 1 amide bonds. The fourth-order valence-electron chi connectivity index (χ4n) is 7.38. The molecule has 2 unspecified atom stereocenters. The summed E-state index contributed by atoms with van der Waals surface area (Å²) in [6.07, 6.45) is 16.7. The second kappa shape index (κ2) is 12.3. The van der Waals surface area contributed by atoms with Crippen molar-refractivity contribution in [2.75, 3.05) is 45.6 Å². The number of hydrogen-bond acceptors (Lipinski definition) is 7. The molecule has 4 aliphatic rings. The van der Waals surface area contributed by atoms with Gasteiger partial charge in [-0.25, -0.2) is 9.78 Å². The quantitative estimate of drug-likeness (QED) is 0.418. The number of hydrogen-bond donors (Lipinski definition) is 1. The van der Waals surface area contributed by atoms with Crippen LogP contribution in [0.4, 0.5) is 10.6 Å². The van der Waals surface area contributed by atoms with Crippen LogP contribution in [0.5, 0.6) is 0 Å². The van der Waals surface area contributed by atoms with Crippen molar-refractivity contribution in [3.05, 3.63) is 35.7 Å². The van der Waals surface area contributed by atoms with Gasteiger partial charge in [0, 0.05) is 67.5 Å². The molecule has 2 aromatic rings.